The number of hydrogen-bond acceptors (Lipinski definition) is 3. The first kappa shape index (κ1) is 14.5. The van der Waals surface area contributed by atoms with Crippen molar-refractivity contribution in [1.82, 2.24) is 10.6 Å². The third-order valence-electron chi connectivity index (χ3n) is 3.82. The minimum Gasteiger partial charge on any atom is -0.319 e. The normalized spacial score (nSPS) is 18.0. The molecular formula is C14H23BrN2S. The van der Waals surface area contributed by atoms with Crippen molar-refractivity contribution in [1.29, 1.82) is 0 Å². The van der Waals surface area contributed by atoms with E-state index in [0.29, 0.717) is 5.41 Å². The first-order valence-corrected chi connectivity index (χ1v) is 8.20. The van der Waals surface area contributed by atoms with Gasteiger partial charge in [-0.15, -0.1) is 11.3 Å². The molecule has 2 N–H and O–H groups in total. The van der Waals surface area contributed by atoms with Crippen molar-refractivity contribution in [2.75, 3.05) is 26.7 Å². The standard InChI is InChI=1S/C14H23BrN2S/c1-13(2,11-4-5-12(15)18-11)8-17-10-14(6-7-14)9-16-3/h4-5,16-17H,6-10H2,1-3H3. The molecule has 1 aliphatic carbocycles. The molecule has 0 unspecified atom stereocenters. The molecule has 0 atom stereocenters. The molecule has 1 aliphatic rings. The smallest absolute Gasteiger partial charge is 0.0701 e. The highest BCUT2D eigenvalue weighted by molar-refractivity contribution is 9.11. The number of rotatable bonds is 7. The summed E-state index contributed by atoms with van der Waals surface area (Å²) in [4.78, 5) is 1.44. The SMILES string of the molecule is CNCC1(CNCC(C)(C)c2ccc(Br)s2)CC1. The van der Waals surface area contributed by atoms with Gasteiger partial charge in [0.25, 0.3) is 0 Å². The van der Waals surface area contributed by atoms with Gasteiger partial charge in [0.15, 0.2) is 0 Å². The van der Waals surface area contributed by atoms with Crippen LogP contribution in [-0.2, 0) is 5.41 Å². The summed E-state index contributed by atoms with van der Waals surface area (Å²) in [6, 6.07) is 4.38. The third kappa shape index (κ3) is 3.56. The second kappa shape index (κ2) is 5.61. The van der Waals surface area contributed by atoms with Gasteiger partial charge in [-0.25, -0.2) is 0 Å². The average Bonchev–Trinajstić information content (AvgIpc) is 2.89. The predicted molar refractivity (Wildman–Crippen MR) is 83.5 cm³/mol. The average molecular weight is 331 g/mol. The van der Waals surface area contributed by atoms with Crippen LogP contribution in [0.25, 0.3) is 0 Å². The first-order chi connectivity index (χ1) is 8.47. The highest BCUT2D eigenvalue weighted by Gasteiger charge is 2.41. The number of nitrogens with one attached hydrogen (secondary N) is 2. The molecule has 102 valence electrons. The monoisotopic (exact) mass is 330 g/mol. The Morgan fingerprint density at radius 2 is 2.06 bits per heavy atom. The fraction of sp³-hybridized carbons (Fsp3) is 0.714. The van der Waals surface area contributed by atoms with E-state index in [9.17, 15) is 0 Å². The zero-order valence-electron chi connectivity index (χ0n) is 11.5. The zero-order chi connectivity index (χ0) is 13.2. The first-order valence-electron chi connectivity index (χ1n) is 6.59. The van der Waals surface area contributed by atoms with Gasteiger partial charge < -0.3 is 10.6 Å². The molecule has 0 saturated heterocycles. The number of hydrogen-bond donors (Lipinski definition) is 2. The molecule has 18 heavy (non-hydrogen) atoms. The maximum atomic E-state index is 3.67. The number of thiophene rings is 1. The Morgan fingerprint density at radius 1 is 1.33 bits per heavy atom. The Kier molecular flexibility index (Phi) is 4.52. The molecule has 0 amide bonds. The van der Waals surface area contributed by atoms with Crippen molar-refractivity contribution in [3.63, 3.8) is 0 Å². The van der Waals surface area contributed by atoms with Crippen molar-refractivity contribution in [2.45, 2.75) is 32.1 Å². The molecule has 1 saturated carbocycles. The Morgan fingerprint density at radius 3 is 2.56 bits per heavy atom. The predicted octanol–water partition coefficient (Wildman–Crippen LogP) is 3.38. The van der Waals surface area contributed by atoms with E-state index in [0.717, 1.165) is 19.6 Å². The summed E-state index contributed by atoms with van der Waals surface area (Å²) in [7, 11) is 2.05. The Hall–Kier alpha value is 0.1000. The summed E-state index contributed by atoms with van der Waals surface area (Å²) in [6.45, 7) is 7.96. The maximum Gasteiger partial charge on any atom is 0.0701 e. The fourth-order valence-corrected chi connectivity index (χ4v) is 3.86. The largest absolute Gasteiger partial charge is 0.319 e. The lowest BCUT2D eigenvalue weighted by molar-refractivity contribution is 0.399. The van der Waals surface area contributed by atoms with Crippen molar-refractivity contribution >= 4 is 27.3 Å². The minimum absolute atomic E-state index is 0.215. The van der Waals surface area contributed by atoms with E-state index in [1.807, 2.05) is 18.4 Å². The summed E-state index contributed by atoms with van der Waals surface area (Å²) in [5, 5.41) is 6.98. The van der Waals surface area contributed by atoms with E-state index < -0.39 is 0 Å². The van der Waals surface area contributed by atoms with Gasteiger partial charge >= 0.3 is 0 Å². The van der Waals surface area contributed by atoms with Crippen LogP contribution in [0.5, 0.6) is 0 Å². The maximum absolute atomic E-state index is 3.67. The summed E-state index contributed by atoms with van der Waals surface area (Å²) < 4.78 is 1.22. The van der Waals surface area contributed by atoms with Crippen LogP contribution in [-0.4, -0.2) is 26.7 Å². The van der Waals surface area contributed by atoms with Crippen LogP contribution in [0.2, 0.25) is 0 Å². The lowest BCUT2D eigenvalue weighted by Crippen LogP contribution is -2.38. The van der Waals surface area contributed by atoms with Crippen LogP contribution >= 0.6 is 27.3 Å². The van der Waals surface area contributed by atoms with Crippen LogP contribution < -0.4 is 10.6 Å². The molecule has 1 aromatic rings. The van der Waals surface area contributed by atoms with Crippen LogP contribution in [0.3, 0.4) is 0 Å². The van der Waals surface area contributed by atoms with Gasteiger partial charge in [-0.2, -0.15) is 0 Å². The molecule has 4 heteroatoms. The van der Waals surface area contributed by atoms with Gasteiger partial charge in [0, 0.05) is 29.9 Å². The van der Waals surface area contributed by atoms with Crippen LogP contribution in [0.1, 0.15) is 31.6 Å². The van der Waals surface area contributed by atoms with E-state index >= 15 is 0 Å². The molecule has 0 aliphatic heterocycles. The van der Waals surface area contributed by atoms with Gasteiger partial charge in [0.2, 0.25) is 0 Å². The van der Waals surface area contributed by atoms with E-state index in [1.54, 1.807) is 0 Å². The molecule has 1 aromatic heterocycles. The molecule has 2 rings (SSSR count). The molecule has 0 bridgehead atoms. The Labute approximate surface area is 123 Å². The molecular weight excluding hydrogens is 308 g/mol. The molecule has 0 radical (unpaired) electrons. The van der Waals surface area contributed by atoms with E-state index in [2.05, 4.69) is 52.5 Å². The van der Waals surface area contributed by atoms with Crippen LogP contribution in [0.15, 0.2) is 15.9 Å². The highest BCUT2D eigenvalue weighted by atomic mass is 79.9. The van der Waals surface area contributed by atoms with Crippen molar-refractivity contribution < 1.29 is 0 Å². The summed E-state index contributed by atoms with van der Waals surface area (Å²) in [5.41, 5.74) is 0.757. The third-order valence-corrected chi connectivity index (χ3v) is 5.81. The van der Waals surface area contributed by atoms with Crippen LogP contribution in [0, 0.1) is 5.41 Å². The molecule has 0 aromatic carbocycles. The second-order valence-corrected chi connectivity index (χ2v) is 8.58. The van der Waals surface area contributed by atoms with Gasteiger partial charge in [-0.05, 0) is 53.4 Å². The van der Waals surface area contributed by atoms with E-state index in [1.165, 1.54) is 21.5 Å². The van der Waals surface area contributed by atoms with E-state index in [-0.39, 0.29) is 5.41 Å². The molecule has 1 heterocycles. The van der Waals surface area contributed by atoms with Gasteiger partial charge in [0.05, 0.1) is 3.79 Å². The zero-order valence-corrected chi connectivity index (χ0v) is 13.9. The van der Waals surface area contributed by atoms with Gasteiger partial charge in [0.1, 0.15) is 0 Å². The lowest BCUT2D eigenvalue weighted by Gasteiger charge is -2.25. The molecule has 1 fully saturated rings. The summed E-state index contributed by atoms with van der Waals surface area (Å²) in [6.07, 6.45) is 2.73. The van der Waals surface area contributed by atoms with Crippen molar-refractivity contribution in [3.8, 4) is 0 Å². The molecule has 2 nitrogen and oxygen atoms in total. The summed E-state index contributed by atoms with van der Waals surface area (Å²) >= 11 is 5.39. The number of halogens is 1. The Bertz CT molecular complexity index is 396. The van der Waals surface area contributed by atoms with Crippen molar-refractivity contribution in [3.05, 3.63) is 20.8 Å². The minimum atomic E-state index is 0.215. The lowest BCUT2D eigenvalue weighted by atomic mass is 9.91. The highest BCUT2D eigenvalue weighted by Crippen LogP contribution is 2.44. The van der Waals surface area contributed by atoms with E-state index in [4.69, 9.17) is 0 Å². The summed E-state index contributed by atoms with van der Waals surface area (Å²) in [5.74, 6) is 0. The Balaban J connectivity index is 1.82. The topological polar surface area (TPSA) is 24.1 Å². The second-order valence-electron chi connectivity index (χ2n) is 6.12. The van der Waals surface area contributed by atoms with Crippen LogP contribution in [0.4, 0.5) is 0 Å². The molecule has 0 spiro atoms. The van der Waals surface area contributed by atoms with Crippen molar-refractivity contribution in [2.24, 2.45) is 5.41 Å². The van der Waals surface area contributed by atoms with Gasteiger partial charge in [-0.1, -0.05) is 13.8 Å². The van der Waals surface area contributed by atoms with Gasteiger partial charge in [-0.3, -0.25) is 0 Å². The quantitative estimate of drug-likeness (QED) is 0.800. The fourth-order valence-electron chi connectivity index (χ4n) is 2.37.